The van der Waals surface area contributed by atoms with Crippen molar-refractivity contribution in [2.24, 2.45) is 17.3 Å². The van der Waals surface area contributed by atoms with Crippen LogP contribution in [-0.4, -0.2) is 27.7 Å². The Labute approximate surface area is 109 Å². The molecule has 3 nitrogen and oxygen atoms in total. The number of Topliss-reactive ketones (excluding diaryl/α,β-unsaturated/α-hetero) is 1. The fourth-order valence-corrected chi connectivity index (χ4v) is 3.51. The molecule has 2 aliphatic rings. The average molecular weight is 252 g/mol. The first-order chi connectivity index (χ1) is 8.16. The van der Waals surface area contributed by atoms with Gasteiger partial charge in [-0.15, -0.1) is 0 Å². The zero-order valence-electron chi connectivity index (χ0n) is 11.7. The second-order valence-electron chi connectivity index (χ2n) is 6.82. The standard InChI is InChI=1S/C15H24O3/c1-9-5-6-12(16)10-7-13(17)11(14(2,3)18)8-15(9,10)4/h7,9,11,13,17-18H,5-6,8H2,1-4H3/t9-,11+,13+,15-/m0/s1. The van der Waals surface area contributed by atoms with Gasteiger partial charge in [-0.3, -0.25) is 4.79 Å². The molecule has 0 aliphatic heterocycles. The summed E-state index contributed by atoms with van der Waals surface area (Å²) in [5.74, 6) is 0.377. The molecule has 0 aromatic carbocycles. The summed E-state index contributed by atoms with van der Waals surface area (Å²) in [5.41, 5.74) is -0.335. The molecule has 0 bridgehead atoms. The molecule has 0 heterocycles. The Hall–Kier alpha value is -0.670. The Bertz CT molecular complexity index is 391. The van der Waals surface area contributed by atoms with Gasteiger partial charge in [-0.25, -0.2) is 0 Å². The van der Waals surface area contributed by atoms with E-state index in [-0.39, 0.29) is 17.1 Å². The number of fused-ring (bicyclic) bond motifs is 1. The van der Waals surface area contributed by atoms with Gasteiger partial charge < -0.3 is 10.2 Å². The highest BCUT2D eigenvalue weighted by Gasteiger charge is 2.50. The van der Waals surface area contributed by atoms with Crippen molar-refractivity contribution in [3.63, 3.8) is 0 Å². The maximum absolute atomic E-state index is 12.0. The second kappa shape index (κ2) is 4.17. The molecule has 0 spiro atoms. The third kappa shape index (κ3) is 2.04. The van der Waals surface area contributed by atoms with Gasteiger partial charge in [0.05, 0.1) is 11.7 Å². The van der Waals surface area contributed by atoms with E-state index in [9.17, 15) is 15.0 Å². The molecule has 1 fully saturated rings. The highest BCUT2D eigenvalue weighted by atomic mass is 16.3. The molecule has 0 unspecified atom stereocenters. The number of ketones is 1. The minimum absolute atomic E-state index is 0.170. The van der Waals surface area contributed by atoms with Crippen LogP contribution in [0, 0.1) is 17.3 Å². The molecule has 4 atom stereocenters. The van der Waals surface area contributed by atoms with Gasteiger partial charge in [0.15, 0.2) is 5.78 Å². The van der Waals surface area contributed by atoms with Crippen molar-refractivity contribution in [3.8, 4) is 0 Å². The molecule has 0 aromatic rings. The number of hydrogen-bond acceptors (Lipinski definition) is 3. The molecule has 2 rings (SSSR count). The summed E-state index contributed by atoms with van der Waals surface area (Å²) in [5, 5.41) is 20.4. The SMILES string of the molecule is C[C@H]1CCC(=O)C2=C[C@@H](O)[C@H](C(C)(C)O)C[C@]21C. The van der Waals surface area contributed by atoms with Crippen molar-refractivity contribution in [3.05, 3.63) is 11.6 Å². The normalized spacial score (nSPS) is 41.3. The number of aliphatic hydroxyl groups is 2. The van der Waals surface area contributed by atoms with Gasteiger partial charge >= 0.3 is 0 Å². The smallest absolute Gasteiger partial charge is 0.159 e. The van der Waals surface area contributed by atoms with Crippen LogP contribution in [0.2, 0.25) is 0 Å². The Balaban J connectivity index is 2.43. The summed E-state index contributed by atoms with van der Waals surface area (Å²) in [4.78, 5) is 12.0. The van der Waals surface area contributed by atoms with Crippen molar-refractivity contribution >= 4 is 5.78 Å². The summed E-state index contributed by atoms with van der Waals surface area (Å²) in [7, 11) is 0. The minimum atomic E-state index is -0.926. The summed E-state index contributed by atoms with van der Waals surface area (Å²) < 4.78 is 0. The third-order valence-corrected chi connectivity index (χ3v) is 5.11. The van der Waals surface area contributed by atoms with E-state index < -0.39 is 11.7 Å². The Morgan fingerprint density at radius 3 is 2.61 bits per heavy atom. The Kier molecular flexibility index (Phi) is 3.19. The van der Waals surface area contributed by atoms with Crippen LogP contribution in [-0.2, 0) is 4.79 Å². The molecule has 1 saturated carbocycles. The van der Waals surface area contributed by atoms with Crippen LogP contribution in [0.15, 0.2) is 11.6 Å². The molecule has 2 N–H and O–H groups in total. The van der Waals surface area contributed by atoms with Gasteiger partial charge in [0, 0.05) is 12.3 Å². The van der Waals surface area contributed by atoms with E-state index in [4.69, 9.17) is 0 Å². The van der Waals surface area contributed by atoms with E-state index >= 15 is 0 Å². The van der Waals surface area contributed by atoms with Crippen LogP contribution >= 0.6 is 0 Å². The van der Waals surface area contributed by atoms with Crippen molar-refractivity contribution in [1.82, 2.24) is 0 Å². The lowest BCUT2D eigenvalue weighted by Crippen LogP contribution is -2.49. The highest BCUT2D eigenvalue weighted by molar-refractivity contribution is 5.97. The average Bonchev–Trinajstić information content (AvgIpc) is 2.25. The van der Waals surface area contributed by atoms with Crippen molar-refractivity contribution < 1.29 is 15.0 Å². The maximum atomic E-state index is 12.0. The van der Waals surface area contributed by atoms with E-state index in [1.54, 1.807) is 19.9 Å². The zero-order valence-corrected chi connectivity index (χ0v) is 11.7. The predicted molar refractivity (Wildman–Crippen MR) is 70.0 cm³/mol. The maximum Gasteiger partial charge on any atom is 0.159 e. The Morgan fingerprint density at radius 2 is 2.06 bits per heavy atom. The largest absolute Gasteiger partial charge is 0.390 e. The summed E-state index contributed by atoms with van der Waals surface area (Å²) >= 11 is 0. The molecular weight excluding hydrogens is 228 g/mol. The fourth-order valence-electron chi connectivity index (χ4n) is 3.51. The monoisotopic (exact) mass is 252 g/mol. The summed E-state index contributed by atoms with van der Waals surface area (Å²) in [6.07, 6.45) is 3.15. The number of carbonyl (C=O) groups is 1. The minimum Gasteiger partial charge on any atom is -0.390 e. The number of carbonyl (C=O) groups excluding carboxylic acids is 1. The summed E-state index contributed by atoms with van der Waals surface area (Å²) in [6, 6.07) is 0. The molecule has 102 valence electrons. The van der Waals surface area contributed by atoms with Crippen molar-refractivity contribution in [2.75, 3.05) is 0 Å². The molecule has 0 amide bonds. The van der Waals surface area contributed by atoms with Gasteiger partial charge in [-0.05, 0) is 49.7 Å². The van der Waals surface area contributed by atoms with Gasteiger partial charge in [0.2, 0.25) is 0 Å². The van der Waals surface area contributed by atoms with Crippen LogP contribution in [0.3, 0.4) is 0 Å². The van der Waals surface area contributed by atoms with Crippen LogP contribution in [0.25, 0.3) is 0 Å². The van der Waals surface area contributed by atoms with E-state index in [1.807, 2.05) is 0 Å². The number of rotatable bonds is 1. The topological polar surface area (TPSA) is 57.5 Å². The molecule has 0 radical (unpaired) electrons. The van der Waals surface area contributed by atoms with Crippen molar-refractivity contribution in [1.29, 1.82) is 0 Å². The number of hydrogen-bond donors (Lipinski definition) is 2. The molecule has 18 heavy (non-hydrogen) atoms. The van der Waals surface area contributed by atoms with E-state index in [2.05, 4.69) is 13.8 Å². The quantitative estimate of drug-likeness (QED) is 0.751. The van der Waals surface area contributed by atoms with E-state index in [0.29, 0.717) is 18.8 Å². The molecule has 2 aliphatic carbocycles. The van der Waals surface area contributed by atoms with Crippen LogP contribution in [0.4, 0.5) is 0 Å². The zero-order chi connectivity index (χ0) is 13.7. The van der Waals surface area contributed by atoms with Gasteiger partial charge in [0.1, 0.15) is 0 Å². The highest BCUT2D eigenvalue weighted by Crippen LogP contribution is 2.52. The van der Waals surface area contributed by atoms with Crippen LogP contribution in [0.1, 0.15) is 47.0 Å². The number of aliphatic hydroxyl groups excluding tert-OH is 1. The first kappa shape index (κ1) is 13.8. The van der Waals surface area contributed by atoms with Crippen molar-refractivity contribution in [2.45, 2.75) is 58.7 Å². The Morgan fingerprint density at radius 1 is 1.44 bits per heavy atom. The first-order valence-corrected chi connectivity index (χ1v) is 6.82. The van der Waals surface area contributed by atoms with E-state index in [1.165, 1.54) is 0 Å². The predicted octanol–water partition coefficient (Wildman–Crippen LogP) is 2.07. The third-order valence-electron chi connectivity index (χ3n) is 5.11. The second-order valence-corrected chi connectivity index (χ2v) is 6.82. The molecule has 0 aromatic heterocycles. The molecule has 3 heteroatoms. The lowest BCUT2D eigenvalue weighted by atomic mass is 9.56. The van der Waals surface area contributed by atoms with E-state index in [0.717, 1.165) is 12.0 Å². The molecular formula is C15H24O3. The summed E-state index contributed by atoms with van der Waals surface area (Å²) in [6.45, 7) is 7.74. The lowest BCUT2D eigenvalue weighted by molar-refractivity contribution is -0.122. The van der Waals surface area contributed by atoms with Crippen LogP contribution < -0.4 is 0 Å². The van der Waals surface area contributed by atoms with Gasteiger partial charge in [0.25, 0.3) is 0 Å². The van der Waals surface area contributed by atoms with Gasteiger partial charge in [-0.1, -0.05) is 13.8 Å². The first-order valence-electron chi connectivity index (χ1n) is 6.82. The van der Waals surface area contributed by atoms with Gasteiger partial charge in [-0.2, -0.15) is 0 Å². The lowest BCUT2D eigenvalue weighted by Gasteiger charge is -2.49. The number of allylic oxidation sites excluding steroid dienone is 1. The molecule has 0 saturated heterocycles. The fraction of sp³-hybridized carbons (Fsp3) is 0.800. The van der Waals surface area contributed by atoms with Crippen LogP contribution in [0.5, 0.6) is 0 Å².